The molecule has 1 unspecified atom stereocenters. The lowest BCUT2D eigenvalue weighted by Gasteiger charge is -2.40. The van der Waals surface area contributed by atoms with Crippen molar-refractivity contribution in [2.45, 2.75) is 32.2 Å². The highest BCUT2D eigenvalue weighted by Crippen LogP contribution is 2.49. The van der Waals surface area contributed by atoms with Crippen LogP contribution in [0.15, 0.2) is 0 Å². The summed E-state index contributed by atoms with van der Waals surface area (Å²) in [7, 11) is 0. The Bertz CT molecular complexity index is 277. The number of aliphatic carboxylic acids is 1. The van der Waals surface area contributed by atoms with Crippen LogP contribution >= 0.6 is 0 Å². The van der Waals surface area contributed by atoms with E-state index in [1.54, 1.807) is 0 Å². The minimum Gasteiger partial charge on any atom is -0.481 e. The van der Waals surface area contributed by atoms with Crippen molar-refractivity contribution in [1.29, 1.82) is 0 Å². The molecule has 2 aliphatic rings. The van der Waals surface area contributed by atoms with Crippen molar-refractivity contribution >= 4 is 11.9 Å². The van der Waals surface area contributed by atoms with Gasteiger partial charge >= 0.3 is 5.97 Å². The van der Waals surface area contributed by atoms with Crippen LogP contribution in [0.5, 0.6) is 0 Å². The fourth-order valence-electron chi connectivity index (χ4n) is 2.86. The van der Waals surface area contributed by atoms with Gasteiger partial charge < -0.3 is 10.4 Å². The first-order valence-corrected chi connectivity index (χ1v) is 5.08. The van der Waals surface area contributed by atoms with Gasteiger partial charge in [-0.1, -0.05) is 0 Å². The molecule has 2 saturated carbocycles. The molecule has 0 aromatic carbocycles. The molecule has 1 amide bonds. The number of carboxylic acids is 1. The van der Waals surface area contributed by atoms with Gasteiger partial charge in [0.05, 0.1) is 5.92 Å². The first-order valence-electron chi connectivity index (χ1n) is 5.08. The summed E-state index contributed by atoms with van der Waals surface area (Å²) in [5.41, 5.74) is 0. The predicted octanol–water partition coefficient (Wildman–Crippen LogP) is 0.622. The van der Waals surface area contributed by atoms with Crippen LogP contribution in [-0.2, 0) is 9.59 Å². The Balaban J connectivity index is 1.89. The Morgan fingerprint density at radius 2 is 2.00 bits per heavy atom. The fraction of sp³-hybridized carbons (Fsp3) is 0.800. The number of carboxylic acid groups (broad SMARTS) is 1. The van der Waals surface area contributed by atoms with Gasteiger partial charge in [-0.25, -0.2) is 0 Å². The highest BCUT2D eigenvalue weighted by atomic mass is 16.4. The van der Waals surface area contributed by atoms with E-state index < -0.39 is 5.97 Å². The van der Waals surface area contributed by atoms with E-state index in [2.05, 4.69) is 5.32 Å². The number of hydrogen-bond acceptors (Lipinski definition) is 2. The molecule has 0 spiro atoms. The lowest BCUT2D eigenvalue weighted by Crippen LogP contribution is -2.49. The van der Waals surface area contributed by atoms with Gasteiger partial charge in [-0.05, 0) is 31.1 Å². The van der Waals surface area contributed by atoms with Gasteiger partial charge in [-0.3, -0.25) is 9.59 Å². The second-order valence-electron chi connectivity index (χ2n) is 4.47. The zero-order valence-electron chi connectivity index (χ0n) is 8.19. The largest absolute Gasteiger partial charge is 0.481 e. The van der Waals surface area contributed by atoms with E-state index in [1.165, 1.54) is 6.92 Å². The third kappa shape index (κ3) is 1.49. The Kier molecular flexibility index (Phi) is 2.21. The number of amides is 1. The van der Waals surface area contributed by atoms with Gasteiger partial charge in [0, 0.05) is 13.0 Å². The SMILES string of the molecule is CC(=O)N[C@@H]1C[C@H]2CC(C(=O)O)C[C@H]21. The number of carbonyl (C=O) groups excluding carboxylic acids is 1. The normalized spacial score (nSPS) is 39.8. The Hall–Kier alpha value is -1.06. The first-order chi connectivity index (χ1) is 6.58. The molecule has 2 aliphatic carbocycles. The van der Waals surface area contributed by atoms with Gasteiger partial charge in [0.15, 0.2) is 0 Å². The van der Waals surface area contributed by atoms with Gasteiger partial charge in [0.25, 0.3) is 0 Å². The molecule has 0 aromatic heterocycles. The molecule has 4 nitrogen and oxygen atoms in total. The molecule has 2 N–H and O–H groups in total. The molecule has 4 atom stereocenters. The van der Waals surface area contributed by atoms with Crippen LogP contribution in [0.3, 0.4) is 0 Å². The highest BCUT2D eigenvalue weighted by Gasteiger charge is 2.49. The van der Waals surface area contributed by atoms with Crippen LogP contribution in [0.2, 0.25) is 0 Å². The molecule has 2 rings (SSSR count). The van der Waals surface area contributed by atoms with E-state index in [0.29, 0.717) is 11.8 Å². The van der Waals surface area contributed by atoms with Crippen molar-refractivity contribution < 1.29 is 14.7 Å². The summed E-state index contributed by atoms with van der Waals surface area (Å²) in [6.07, 6.45) is 2.51. The molecule has 0 bridgehead atoms. The first kappa shape index (κ1) is 9.49. The smallest absolute Gasteiger partial charge is 0.306 e. The van der Waals surface area contributed by atoms with Crippen LogP contribution in [0.4, 0.5) is 0 Å². The maximum atomic E-state index is 10.8. The van der Waals surface area contributed by atoms with Gasteiger partial charge in [-0.2, -0.15) is 0 Å². The van der Waals surface area contributed by atoms with Gasteiger partial charge in [0.2, 0.25) is 5.91 Å². The summed E-state index contributed by atoms with van der Waals surface area (Å²) in [6.45, 7) is 1.51. The minimum absolute atomic E-state index is 0.00720. The summed E-state index contributed by atoms with van der Waals surface area (Å²) in [4.78, 5) is 21.6. The van der Waals surface area contributed by atoms with E-state index >= 15 is 0 Å². The molecule has 2 fully saturated rings. The van der Waals surface area contributed by atoms with E-state index in [1.807, 2.05) is 0 Å². The zero-order chi connectivity index (χ0) is 10.3. The molecule has 0 radical (unpaired) electrons. The molecule has 78 valence electrons. The number of rotatable bonds is 2. The lowest BCUT2D eigenvalue weighted by atomic mass is 9.71. The van der Waals surface area contributed by atoms with E-state index in [4.69, 9.17) is 5.11 Å². The molecule has 0 aromatic rings. The van der Waals surface area contributed by atoms with Crippen LogP contribution < -0.4 is 5.32 Å². The highest BCUT2D eigenvalue weighted by molar-refractivity contribution is 5.73. The predicted molar refractivity (Wildman–Crippen MR) is 49.6 cm³/mol. The number of fused-ring (bicyclic) bond motifs is 1. The average molecular weight is 197 g/mol. The molecule has 0 heterocycles. The second kappa shape index (κ2) is 3.26. The molecular formula is C10H15NO3. The third-order valence-electron chi connectivity index (χ3n) is 3.56. The quantitative estimate of drug-likeness (QED) is 0.682. The van der Waals surface area contributed by atoms with Crippen molar-refractivity contribution in [1.82, 2.24) is 5.32 Å². The van der Waals surface area contributed by atoms with Gasteiger partial charge in [-0.15, -0.1) is 0 Å². The average Bonchev–Trinajstić information content (AvgIpc) is 2.39. The van der Waals surface area contributed by atoms with Crippen LogP contribution in [0, 0.1) is 17.8 Å². The third-order valence-corrected chi connectivity index (χ3v) is 3.56. The second-order valence-corrected chi connectivity index (χ2v) is 4.47. The standard InChI is InChI=1S/C10H15NO3/c1-5(12)11-9-4-6-2-7(10(13)14)3-8(6)9/h6-9H,2-4H2,1H3,(H,11,12)(H,13,14)/t6-,7?,8-,9-/m1/s1. The van der Waals surface area contributed by atoms with Crippen molar-refractivity contribution in [3.05, 3.63) is 0 Å². The van der Waals surface area contributed by atoms with Crippen molar-refractivity contribution in [2.75, 3.05) is 0 Å². The van der Waals surface area contributed by atoms with Crippen molar-refractivity contribution in [2.24, 2.45) is 17.8 Å². The van der Waals surface area contributed by atoms with Crippen LogP contribution in [0.25, 0.3) is 0 Å². The Morgan fingerprint density at radius 3 is 2.57 bits per heavy atom. The Labute approximate surface area is 82.7 Å². The molecule has 0 aliphatic heterocycles. The fourth-order valence-corrected chi connectivity index (χ4v) is 2.86. The maximum absolute atomic E-state index is 10.8. The Morgan fingerprint density at radius 1 is 1.29 bits per heavy atom. The molecule has 14 heavy (non-hydrogen) atoms. The van der Waals surface area contributed by atoms with Crippen LogP contribution in [-0.4, -0.2) is 23.0 Å². The number of hydrogen-bond donors (Lipinski definition) is 2. The number of nitrogens with one attached hydrogen (secondary N) is 1. The molecular weight excluding hydrogens is 182 g/mol. The van der Waals surface area contributed by atoms with Crippen molar-refractivity contribution in [3.8, 4) is 0 Å². The minimum atomic E-state index is -0.680. The summed E-state index contributed by atoms with van der Waals surface area (Å²) in [5, 5.41) is 11.7. The molecule has 4 heteroatoms. The van der Waals surface area contributed by atoms with Crippen LogP contribution in [0.1, 0.15) is 26.2 Å². The maximum Gasteiger partial charge on any atom is 0.306 e. The summed E-state index contributed by atoms with van der Waals surface area (Å²) >= 11 is 0. The topological polar surface area (TPSA) is 66.4 Å². The molecule has 0 saturated heterocycles. The van der Waals surface area contributed by atoms with E-state index in [-0.39, 0.29) is 17.9 Å². The monoisotopic (exact) mass is 197 g/mol. The lowest BCUT2D eigenvalue weighted by molar-refractivity contribution is -0.141. The summed E-state index contributed by atoms with van der Waals surface area (Å²) in [6, 6.07) is 0.238. The van der Waals surface area contributed by atoms with Gasteiger partial charge in [0.1, 0.15) is 0 Å². The zero-order valence-corrected chi connectivity index (χ0v) is 8.19. The summed E-state index contributed by atoms with van der Waals surface area (Å²) < 4.78 is 0. The number of carbonyl (C=O) groups is 2. The summed E-state index contributed by atoms with van der Waals surface area (Å²) in [5.74, 6) is 0.0879. The van der Waals surface area contributed by atoms with Crippen molar-refractivity contribution in [3.63, 3.8) is 0 Å². The van der Waals surface area contributed by atoms with E-state index in [9.17, 15) is 9.59 Å². The van der Waals surface area contributed by atoms with E-state index in [0.717, 1.165) is 19.3 Å².